The zero-order valence-electron chi connectivity index (χ0n) is 12.7. The van der Waals surface area contributed by atoms with Crippen molar-refractivity contribution in [3.63, 3.8) is 0 Å². The number of amides is 1. The van der Waals surface area contributed by atoms with Crippen LogP contribution in [0.4, 0.5) is 0 Å². The van der Waals surface area contributed by atoms with Crippen LogP contribution in [0.3, 0.4) is 0 Å². The SMILES string of the molecule is CCn1c(=O)n(CC(=O)NCC2CCCO2)c2ccccc21. The highest BCUT2D eigenvalue weighted by atomic mass is 16.5. The third-order valence-electron chi connectivity index (χ3n) is 4.09. The fourth-order valence-electron chi connectivity index (χ4n) is 2.96. The van der Waals surface area contributed by atoms with Crippen LogP contribution in [0, 0.1) is 0 Å². The van der Waals surface area contributed by atoms with Crippen LogP contribution < -0.4 is 11.0 Å². The van der Waals surface area contributed by atoms with Crippen LogP contribution in [0.5, 0.6) is 0 Å². The van der Waals surface area contributed by atoms with E-state index in [9.17, 15) is 9.59 Å². The van der Waals surface area contributed by atoms with Gasteiger partial charge < -0.3 is 10.1 Å². The highest BCUT2D eigenvalue weighted by molar-refractivity contribution is 5.80. The number of hydrogen-bond donors (Lipinski definition) is 1. The van der Waals surface area contributed by atoms with Crippen molar-refractivity contribution < 1.29 is 9.53 Å². The number of para-hydroxylation sites is 2. The molecule has 1 aromatic heterocycles. The highest BCUT2D eigenvalue weighted by Gasteiger charge is 2.18. The first-order valence-corrected chi connectivity index (χ1v) is 7.77. The van der Waals surface area contributed by atoms with Gasteiger partial charge in [-0.2, -0.15) is 0 Å². The van der Waals surface area contributed by atoms with Gasteiger partial charge in [-0.3, -0.25) is 13.9 Å². The fraction of sp³-hybridized carbons (Fsp3) is 0.500. The average Bonchev–Trinajstić information content (AvgIpc) is 3.13. The second-order valence-electron chi connectivity index (χ2n) is 5.54. The van der Waals surface area contributed by atoms with Crippen LogP contribution in [0.1, 0.15) is 19.8 Å². The summed E-state index contributed by atoms with van der Waals surface area (Å²) in [5.41, 5.74) is 1.51. The normalized spacial score (nSPS) is 18.0. The Morgan fingerprint density at radius 1 is 1.32 bits per heavy atom. The summed E-state index contributed by atoms with van der Waals surface area (Å²) in [6.45, 7) is 3.84. The summed E-state index contributed by atoms with van der Waals surface area (Å²) in [5, 5.41) is 2.86. The Balaban J connectivity index is 1.77. The second-order valence-corrected chi connectivity index (χ2v) is 5.54. The Bertz CT molecular complexity index is 726. The lowest BCUT2D eigenvalue weighted by Crippen LogP contribution is -2.36. The molecule has 1 amide bonds. The van der Waals surface area contributed by atoms with E-state index in [-0.39, 0.29) is 24.2 Å². The molecule has 6 nitrogen and oxygen atoms in total. The Hall–Kier alpha value is -2.08. The van der Waals surface area contributed by atoms with Crippen LogP contribution in [0.15, 0.2) is 29.1 Å². The number of aromatic nitrogens is 2. The number of carbonyl (C=O) groups excluding carboxylic acids is 1. The molecule has 2 heterocycles. The molecule has 0 aliphatic carbocycles. The van der Waals surface area contributed by atoms with Gasteiger partial charge in [0.1, 0.15) is 6.54 Å². The van der Waals surface area contributed by atoms with E-state index in [2.05, 4.69) is 5.32 Å². The van der Waals surface area contributed by atoms with Crippen molar-refractivity contribution in [1.29, 1.82) is 0 Å². The van der Waals surface area contributed by atoms with Gasteiger partial charge in [-0.1, -0.05) is 12.1 Å². The highest BCUT2D eigenvalue weighted by Crippen LogP contribution is 2.13. The molecule has 1 saturated heterocycles. The van der Waals surface area contributed by atoms with Crippen LogP contribution >= 0.6 is 0 Å². The molecule has 1 N–H and O–H groups in total. The molecule has 0 radical (unpaired) electrons. The Kier molecular flexibility index (Phi) is 4.29. The first-order chi connectivity index (χ1) is 10.7. The van der Waals surface area contributed by atoms with Gasteiger partial charge >= 0.3 is 5.69 Å². The number of imidazole rings is 1. The largest absolute Gasteiger partial charge is 0.376 e. The maximum atomic E-state index is 12.4. The summed E-state index contributed by atoms with van der Waals surface area (Å²) < 4.78 is 8.70. The van der Waals surface area contributed by atoms with Crippen molar-refractivity contribution in [2.45, 2.75) is 39.0 Å². The van der Waals surface area contributed by atoms with Gasteiger partial charge in [0.2, 0.25) is 5.91 Å². The molecule has 1 atom stereocenters. The van der Waals surface area contributed by atoms with Crippen LogP contribution in [-0.4, -0.2) is 34.3 Å². The number of fused-ring (bicyclic) bond motifs is 1. The number of carbonyl (C=O) groups is 1. The van der Waals surface area contributed by atoms with Gasteiger partial charge in [0, 0.05) is 19.7 Å². The number of nitrogens with one attached hydrogen (secondary N) is 1. The van der Waals surface area contributed by atoms with Crippen molar-refractivity contribution in [3.05, 3.63) is 34.7 Å². The summed E-state index contributed by atoms with van der Waals surface area (Å²) in [6, 6.07) is 7.55. The summed E-state index contributed by atoms with van der Waals surface area (Å²) in [4.78, 5) is 24.6. The van der Waals surface area contributed by atoms with Crippen molar-refractivity contribution >= 4 is 16.9 Å². The standard InChI is InChI=1S/C16H21N3O3/c1-2-18-13-7-3-4-8-14(13)19(16(18)21)11-15(20)17-10-12-6-5-9-22-12/h3-4,7-8,12H,2,5-6,9-11H2,1H3,(H,17,20). The second kappa shape index (κ2) is 6.36. The van der Waals surface area contributed by atoms with Gasteiger partial charge in [-0.05, 0) is 31.9 Å². The van der Waals surface area contributed by atoms with Crippen LogP contribution in [-0.2, 0) is 22.6 Å². The Morgan fingerprint density at radius 2 is 2.05 bits per heavy atom. The molecule has 1 aliphatic rings. The first kappa shape index (κ1) is 14.8. The van der Waals surface area contributed by atoms with E-state index in [1.54, 1.807) is 4.57 Å². The zero-order chi connectivity index (χ0) is 15.5. The summed E-state index contributed by atoms with van der Waals surface area (Å²) in [5.74, 6) is -0.156. The molecule has 1 aromatic carbocycles. The maximum absolute atomic E-state index is 12.4. The molecule has 3 rings (SSSR count). The number of hydrogen-bond acceptors (Lipinski definition) is 3. The van der Waals surface area contributed by atoms with E-state index in [1.165, 1.54) is 4.57 Å². The van der Waals surface area contributed by atoms with E-state index in [0.717, 1.165) is 30.5 Å². The molecule has 0 saturated carbocycles. The molecular formula is C16H21N3O3. The van der Waals surface area contributed by atoms with Crippen LogP contribution in [0.2, 0.25) is 0 Å². The monoisotopic (exact) mass is 303 g/mol. The van der Waals surface area contributed by atoms with Gasteiger partial charge in [-0.25, -0.2) is 4.79 Å². The molecule has 0 bridgehead atoms. The number of benzene rings is 1. The smallest absolute Gasteiger partial charge is 0.329 e. The van der Waals surface area contributed by atoms with E-state index in [1.807, 2.05) is 31.2 Å². The third kappa shape index (κ3) is 2.78. The zero-order valence-corrected chi connectivity index (χ0v) is 12.7. The lowest BCUT2D eigenvalue weighted by atomic mass is 10.2. The van der Waals surface area contributed by atoms with Crippen molar-refractivity contribution in [3.8, 4) is 0 Å². The molecule has 6 heteroatoms. The van der Waals surface area contributed by atoms with E-state index in [0.29, 0.717) is 13.1 Å². The summed E-state index contributed by atoms with van der Waals surface area (Å²) >= 11 is 0. The number of aryl methyl sites for hydroxylation is 1. The number of nitrogens with zero attached hydrogens (tertiary/aromatic N) is 2. The summed E-state index contributed by atoms with van der Waals surface area (Å²) in [7, 11) is 0. The van der Waals surface area contributed by atoms with Gasteiger partial charge in [0.15, 0.2) is 0 Å². The molecule has 22 heavy (non-hydrogen) atoms. The minimum Gasteiger partial charge on any atom is -0.376 e. The van der Waals surface area contributed by atoms with Crippen LogP contribution in [0.25, 0.3) is 11.0 Å². The lowest BCUT2D eigenvalue weighted by molar-refractivity contribution is -0.122. The Labute approximate surface area is 128 Å². The topological polar surface area (TPSA) is 65.3 Å². The van der Waals surface area contributed by atoms with E-state index < -0.39 is 0 Å². The Morgan fingerprint density at radius 3 is 2.68 bits per heavy atom. The molecule has 1 fully saturated rings. The molecule has 2 aromatic rings. The van der Waals surface area contributed by atoms with Gasteiger partial charge in [-0.15, -0.1) is 0 Å². The molecule has 1 aliphatic heterocycles. The first-order valence-electron chi connectivity index (χ1n) is 7.77. The molecule has 1 unspecified atom stereocenters. The number of ether oxygens (including phenoxy) is 1. The van der Waals surface area contributed by atoms with Crippen molar-refractivity contribution in [2.75, 3.05) is 13.2 Å². The quantitative estimate of drug-likeness (QED) is 0.900. The minimum absolute atomic E-state index is 0.0407. The predicted molar refractivity (Wildman–Crippen MR) is 83.9 cm³/mol. The number of rotatable bonds is 5. The van der Waals surface area contributed by atoms with Crippen molar-refractivity contribution in [1.82, 2.24) is 14.5 Å². The van der Waals surface area contributed by atoms with E-state index >= 15 is 0 Å². The minimum atomic E-state index is -0.156. The predicted octanol–water partition coefficient (Wildman–Crippen LogP) is 1.12. The average molecular weight is 303 g/mol. The lowest BCUT2D eigenvalue weighted by Gasteiger charge is -2.11. The molecular weight excluding hydrogens is 282 g/mol. The third-order valence-corrected chi connectivity index (χ3v) is 4.09. The molecule has 118 valence electrons. The van der Waals surface area contributed by atoms with E-state index in [4.69, 9.17) is 4.74 Å². The maximum Gasteiger partial charge on any atom is 0.329 e. The summed E-state index contributed by atoms with van der Waals surface area (Å²) in [6.07, 6.45) is 2.14. The van der Waals surface area contributed by atoms with Crippen molar-refractivity contribution in [2.24, 2.45) is 0 Å². The fourth-order valence-corrected chi connectivity index (χ4v) is 2.96. The molecule has 0 spiro atoms. The van der Waals surface area contributed by atoms with Gasteiger partial charge in [0.05, 0.1) is 17.1 Å². The van der Waals surface area contributed by atoms with Gasteiger partial charge in [0.25, 0.3) is 0 Å².